The van der Waals surface area contributed by atoms with E-state index in [-0.39, 0.29) is 17.8 Å². The minimum atomic E-state index is -4.56. The normalized spacial score (nSPS) is 11.8. The molecule has 0 fully saturated rings. The summed E-state index contributed by atoms with van der Waals surface area (Å²) >= 11 is 0. The van der Waals surface area contributed by atoms with Gasteiger partial charge in [-0.3, -0.25) is 9.48 Å². The maximum absolute atomic E-state index is 12.8. The second kappa shape index (κ2) is 5.47. The number of amides is 1. The molecule has 0 unspecified atom stereocenters. The van der Waals surface area contributed by atoms with E-state index in [2.05, 4.69) is 15.6 Å². The van der Waals surface area contributed by atoms with E-state index in [0.717, 1.165) is 4.68 Å². The molecule has 2 heterocycles. The first kappa shape index (κ1) is 16.1. The predicted molar refractivity (Wildman–Crippen MR) is 71.3 cm³/mol. The molecule has 0 aliphatic rings. The van der Waals surface area contributed by atoms with Crippen LogP contribution in [0.5, 0.6) is 0 Å². The Kier molecular flexibility index (Phi) is 3.99. The van der Waals surface area contributed by atoms with Crippen molar-refractivity contribution < 1.29 is 22.5 Å². The first-order chi connectivity index (χ1) is 10.1. The van der Waals surface area contributed by atoms with Crippen molar-refractivity contribution in [3.8, 4) is 0 Å². The minimum Gasteiger partial charge on any atom is -0.361 e. The molecule has 0 bridgehead atoms. The fourth-order valence-corrected chi connectivity index (χ4v) is 2.16. The zero-order valence-electron chi connectivity index (χ0n) is 12.5. The van der Waals surface area contributed by atoms with E-state index in [9.17, 15) is 18.0 Å². The largest absolute Gasteiger partial charge is 0.435 e. The molecular formula is C13H15F3N4O2. The fraction of sp³-hybridized carbons (Fsp3) is 0.462. The molecule has 9 heteroatoms. The van der Waals surface area contributed by atoms with Crippen molar-refractivity contribution in [2.45, 2.75) is 33.4 Å². The molecule has 0 aliphatic carbocycles. The number of aromatic nitrogens is 3. The van der Waals surface area contributed by atoms with Gasteiger partial charge in [0.2, 0.25) is 5.91 Å². The molecule has 0 spiro atoms. The van der Waals surface area contributed by atoms with Crippen molar-refractivity contribution in [3.05, 3.63) is 28.3 Å². The zero-order chi connectivity index (χ0) is 16.7. The lowest BCUT2D eigenvalue weighted by Gasteiger charge is -2.07. The molecule has 2 rings (SSSR count). The van der Waals surface area contributed by atoms with Crippen molar-refractivity contribution in [2.75, 3.05) is 5.32 Å². The number of hydrogen-bond acceptors (Lipinski definition) is 4. The Hall–Kier alpha value is -2.32. The lowest BCUT2D eigenvalue weighted by atomic mass is 10.1. The topological polar surface area (TPSA) is 73.0 Å². The molecule has 2 aromatic heterocycles. The number of anilines is 1. The zero-order valence-corrected chi connectivity index (χ0v) is 12.5. The van der Waals surface area contributed by atoms with Crippen LogP contribution >= 0.6 is 0 Å². The quantitative estimate of drug-likeness (QED) is 0.944. The highest BCUT2D eigenvalue weighted by molar-refractivity contribution is 5.92. The molecule has 0 atom stereocenters. The second-order valence-electron chi connectivity index (χ2n) is 4.97. The van der Waals surface area contributed by atoms with E-state index >= 15 is 0 Å². The monoisotopic (exact) mass is 316 g/mol. The SMILES string of the molecule is Cc1noc(C)c1CC(=O)Nc1c(C)c(C(F)(F)F)nn1C. The van der Waals surface area contributed by atoms with Gasteiger partial charge in [-0.25, -0.2) is 0 Å². The number of hydrogen-bond donors (Lipinski definition) is 1. The van der Waals surface area contributed by atoms with Gasteiger partial charge in [0.05, 0.1) is 12.1 Å². The van der Waals surface area contributed by atoms with Gasteiger partial charge in [-0.2, -0.15) is 18.3 Å². The van der Waals surface area contributed by atoms with E-state index in [0.29, 0.717) is 17.0 Å². The van der Waals surface area contributed by atoms with Gasteiger partial charge < -0.3 is 9.84 Å². The third kappa shape index (κ3) is 2.97. The summed E-state index contributed by atoms with van der Waals surface area (Å²) < 4.78 is 44.3. The van der Waals surface area contributed by atoms with E-state index in [4.69, 9.17) is 4.52 Å². The van der Waals surface area contributed by atoms with E-state index in [1.54, 1.807) is 13.8 Å². The van der Waals surface area contributed by atoms with Gasteiger partial charge >= 0.3 is 6.18 Å². The van der Waals surface area contributed by atoms with Crippen LogP contribution in [-0.4, -0.2) is 20.8 Å². The van der Waals surface area contributed by atoms with Crippen molar-refractivity contribution >= 4 is 11.7 Å². The first-order valence-corrected chi connectivity index (χ1v) is 6.43. The molecule has 120 valence electrons. The van der Waals surface area contributed by atoms with Gasteiger partial charge in [0.1, 0.15) is 11.6 Å². The van der Waals surface area contributed by atoms with Crippen LogP contribution < -0.4 is 5.32 Å². The van der Waals surface area contributed by atoms with Crippen LogP contribution in [-0.2, 0) is 24.4 Å². The molecule has 6 nitrogen and oxygen atoms in total. The summed E-state index contributed by atoms with van der Waals surface area (Å²) in [6.07, 6.45) is -4.60. The standard InChI is InChI=1S/C13H15F3N4O2/c1-6-11(13(14,15)16)18-20(4)12(6)17-10(21)5-9-7(2)19-22-8(9)3/h5H2,1-4H3,(H,17,21). The third-order valence-corrected chi connectivity index (χ3v) is 3.33. The van der Waals surface area contributed by atoms with Crippen LogP contribution in [0.3, 0.4) is 0 Å². The third-order valence-electron chi connectivity index (χ3n) is 3.33. The predicted octanol–water partition coefficient (Wildman–Crippen LogP) is 2.53. The first-order valence-electron chi connectivity index (χ1n) is 6.43. The molecule has 22 heavy (non-hydrogen) atoms. The lowest BCUT2D eigenvalue weighted by Crippen LogP contribution is -2.18. The summed E-state index contributed by atoms with van der Waals surface area (Å²) in [6, 6.07) is 0. The van der Waals surface area contributed by atoms with Gasteiger partial charge in [0, 0.05) is 18.2 Å². The Morgan fingerprint density at radius 1 is 1.32 bits per heavy atom. The van der Waals surface area contributed by atoms with Crippen LogP contribution in [0.25, 0.3) is 0 Å². The molecule has 0 aromatic carbocycles. The van der Waals surface area contributed by atoms with Gasteiger partial charge in [-0.1, -0.05) is 5.16 Å². The summed E-state index contributed by atoms with van der Waals surface area (Å²) in [4.78, 5) is 12.0. The fourth-order valence-electron chi connectivity index (χ4n) is 2.16. The van der Waals surface area contributed by atoms with Crippen LogP contribution in [0.2, 0.25) is 0 Å². The van der Waals surface area contributed by atoms with Crippen molar-refractivity contribution in [1.82, 2.24) is 14.9 Å². The van der Waals surface area contributed by atoms with Crippen LogP contribution in [0.15, 0.2) is 4.52 Å². The maximum Gasteiger partial charge on any atom is 0.435 e. The Morgan fingerprint density at radius 3 is 2.41 bits per heavy atom. The van der Waals surface area contributed by atoms with Gasteiger partial charge in [0.25, 0.3) is 0 Å². The molecule has 0 saturated carbocycles. The lowest BCUT2D eigenvalue weighted by molar-refractivity contribution is -0.141. The number of nitrogens with zero attached hydrogens (tertiary/aromatic N) is 3. The highest BCUT2D eigenvalue weighted by Gasteiger charge is 2.37. The van der Waals surface area contributed by atoms with Crippen LogP contribution in [0.1, 0.15) is 28.3 Å². The minimum absolute atomic E-state index is 0.0177. The maximum atomic E-state index is 12.8. The molecular weight excluding hydrogens is 301 g/mol. The number of carbonyl (C=O) groups excluding carboxylic acids is 1. The highest BCUT2D eigenvalue weighted by atomic mass is 19.4. The van der Waals surface area contributed by atoms with Crippen LogP contribution in [0, 0.1) is 20.8 Å². The molecule has 1 amide bonds. The van der Waals surface area contributed by atoms with Crippen molar-refractivity contribution in [3.63, 3.8) is 0 Å². The number of carbonyl (C=O) groups is 1. The van der Waals surface area contributed by atoms with E-state index in [1.165, 1.54) is 14.0 Å². The Bertz CT molecular complexity index is 696. The number of aryl methyl sites for hydroxylation is 3. The molecule has 2 aromatic rings. The Balaban J connectivity index is 2.21. The number of alkyl halides is 3. The summed E-state index contributed by atoms with van der Waals surface area (Å²) in [5.41, 5.74) is 0.0588. The van der Waals surface area contributed by atoms with Crippen molar-refractivity contribution in [1.29, 1.82) is 0 Å². The number of halogens is 3. The van der Waals surface area contributed by atoms with Crippen LogP contribution in [0.4, 0.5) is 19.0 Å². The average molecular weight is 316 g/mol. The van der Waals surface area contributed by atoms with Gasteiger partial charge in [-0.15, -0.1) is 0 Å². The van der Waals surface area contributed by atoms with Gasteiger partial charge in [-0.05, 0) is 20.8 Å². The molecule has 0 saturated heterocycles. The summed E-state index contributed by atoms with van der Waals surface area (Å²) in [5.74, 6) is 0.0590. The highest BCUT2D eigenvalue weighted by Crippen LogP contribution is 2.33. The number of rotatable bonds is 3. The Morgan fingerprint density at radius 2 is 1.95 bits per heavy atom. The summed E-state index contributed by atoms with van der Waals surface area (Å²) in [6.45, 7) is 4.62. The Labute approximate surface area is 124 Å². The summed E-state index contributed by atoms with van der Waals surface area (Å²) in [5, 5.41) is 9.59. The molecule has 0 aliphatic heterocycles. The molecule has 1 N–H and O–H groups in total. The summed E-state index contributed by atoms with van der Waals surface area (Å²) in [7, 11) is 1.34. The number of nitrogens with one attached hydrogen (secondary N) is 1. The smallest absolute Gasteiger partial charge is 0.361 e. The van der Waals surface area contributed by atoms with Crippen molar-refractivity contribution in [2.24, 2.45) is 7.05 Å². The molecule has 0 radical (unpaired) electrons. The van der Waals surface area contributed by atoms with E-state index in [1.807, 2.05) is 0 Å². The average Bonchev–Trinajstić information content (AvgIpc) is 2.85. The second-order valence-corrected chi connectivity index (χ2v) is 4.97. The van der Waals surface area contributed by atoms with Gasteiger partial charge in [0.15, 0.2) is 5.69 Å². The van der Waals surface area contributed by atoms with E-state index < -0.39 is 17.8 Å².